The summed E-state index contributed by atoms with van der Waals surface area (Å²) in [4.78, 5) is 4.33. The number of para-hydroxylation sites is 5. The zero-order chi connectivity index (χ0) is 49.9. The summed E-state index contributed by atoms with van der Waals surface area (Å²) in [5, 5.41) is 34.7. The first-order valence-corrected chi connectivity index (χ1v) is 23.7. The highest BCUT2D eigenvalue weighted by Gasteiger charge is 2.23. The van der Waals surface area contributed by atoms with Crippen molar-refractivity contribution in [2.45, 2.75) is 20.3 Å². The average molecular weight is 929 g/mol. The highest BCUT2D eigenvalue weighted by atomic mass is 15.1. The number of nitriles is 3. The van der Waals surface area contributed by atoms with E-state index < -0.39 is 0 Å². The fourth-order valence-electron chi connectivity index (χ4n) is 8.39. The van der Waals surface area contributed by atoms with Crippen molar-refractivity contribution < 1.29 is 0 Å². The third kappa shape index (κ3) is 12.2. The van der Waals surface area contributed by atoms with Crippen molar-refractivity contribution >= 4 is 45.4 Å². The Labute approximate surface area is 423 Å². The van der Waals surface area contributed by atoms with Gasteiger partial charge in [0.1, 0.15) is 6.07 Å². The maximum absolute atomic E-state index is 10.7. The summed E-state index contributed by atoms with van der Waals surface area (Å²) < 4.78 is 0. The maximum Gasteiger partial charge on any atom is 0.101 e. The topological polar surface area (TPSA) is 89.9 Å². The molecule has 0 saturated heterocycles. The van der Waals surface area contributed by atoms with Crippen molar-refractivity contribution in [2.75, 3.05) is 15.1 Å². The number of allylic oxidation sites excluding steroid dienone is 5. The van der Waals surface area contributed by atoms with Gasteiger partial charge in [0.25, 0.3) is 0 Å². The second-order valence-electron chi connectivity index (χ2n) is 16.9. The number of hydrogen-bond donors (Lipinski definition) is 1. The highest BCUT2D eigenvalue weighted by molar-refractivity contribution is 5.89. The fourth-order valence-corrected chi connectivity index (χ4v) is 8.39. The standard InChI is InChI=1S/C46H31N5.C13H13N.C7H8/c47-31-36-30-37(32-48)46(35-25-28-43(29-26-35)51(40-19-9-3-10-20-40)41-21-11-4-12-22-41)44(33-49)45(36)34-14-13-23-42(27-24-34)50(38-15-5-1-6-16-38)39-17-7-2-8-18-39;1-11-7-9-13(10-8-11)14-12-5-3-2-4-6-12;1-7-5-3-2-4-6-7/h1-13,15-30H,14H2;2-10,14H,1H3;2-6H,1H3. The Morgan fingerprint density at radius 2 is 0.819 bits per heavy atom. The van der Waals surface area contributed by atoms with Gasteiger partial charge in [-0.15, -0.1) is 0 Å². The van der Waals surface area contributed by atoms with Crippen molar-refractivity contribution in [1.29, 1.82) is 15.8 Å². The Kier molecular flexibility index (Phi) is 16.4. The first-order valence-electron chi connectivity index (χ1n) is 23.7. The molecule has 0 bridgehead atoms. The normalized spacial score (nSPS) is 11.2. The molecule has 0 spiro atoms. The van der Waals surface area contributed by atoms with Crippen LogP contribution < -0.4 is 15.1 Å². The van der Waals surface area contributed by atoms with Gasteiger partial charge in [-0.05, 0) is 135 Å². The van der Waals surface area contributed by atoms with Crippen LogP contribution in [0, 0.1) is 47.8 Å². The van der Waals surface area contributed by atoms with Crippen LogP contribution in [-0.2, 0) is 0 Å². The number of nitrogens with one attached hydrogen (secondary N) is 1. The van der Waals surface area contributed by atoms with Gasteiger partial charge in [-0.3, -0.25) is 0 Å². The van der Waals surface area contributed by atoms with Crippen molar-refractivity contribution in [2.24, 2.45) is 0 Å². The van der Waals surface area contributed by atoms with Gasteiger partial charge in [0.05, 0.1) is 28.8 Å². The lowest BCUT2D eigenvalue weighted by Crippen LogP contribution is -2.14. The average Bonchev–Trinajstić information content (AvgIpc) is 3.69. The van der Waals surface area contributed by atoms with Gasteiger partial charge in [-0.1, -0.05) is 169 Å². The van der Waals surface area contributed by atoms with Gasteiger partial charge in [0.15, 0.2) is 0 Å². The molecule has 9 aromatic rings. The predicted molar refractivity (Wildman–Crippen MR) is 298 cm³/mol. The molecule has 1 aliphatic carbocycles. The van der Waals surface area contributed by atoms with Crippen LogP contribution >= 0.6 is 0 Å². The van der Waals surface area contributed by atoms with Crippen LogP contribution in [0.15, 0.2) is 267 Å². The van der Waals surface area contributed by atoms with Gasteiger partial charge in [-0.25, -0.2) is 0 Å². The van der Waals surface area contributed by atoms with Crippen LogP contribution in [0.25, 0.3) is 16.7 Å². The van der Waals surface area contributed by atoms with E-state index in [0.29, 0.717) is 28.7 Å². The number of hydrogen-bond acceptors (Lipinski definition) is 6. The molecule has 0 amide bonds. The first kappa shape index (κ1) is 48.5. The summed E-state index contributed by atoms with van der Waals surface area (Å²) in [6, 6.07) is 85.8. The number of anilines is 7. The molecule has 10 rings (SSSR count). The molecular formula is C66H52N6. The summed E-state index contributed by atoms with van der Waals surface area (Å²) in [6.45, 7) is 4.17. The van der Waals surface area contributed by atoms with Gasteiger partial charge in [0.2, 0.25) is 0 Å². The largest absolute Gasteiger partial charge is 0.356 e. The monoisotopic (exact) mass is 928 g/mol. The summed E-state index contributed by atoms with van der Waals surface area (Å²) in [5.74, 6) is 0. The van der Waals surface area contributed by atoms with Gasteiger partial charge < -0.3 is 15.1 Å². The van der Waals surface area contributed by atoms with Crippen LogP contribution in [0.4, 0.5) is 39.8 Å². The Balaban J connectivity index is 0.000000270. The molecule has 1 aliphatic rings. The second-order valence-corrected chi connectivity index (χ2v) is 16.9. The molecule has 0 heterocycles. The summed E-state index contributed by atoms with van der Waals surface area (Å²) in [7, 11) is 0. The molecule has 0 aliphatic heterocycles. The lowest BCUT2D eigenvalue weighted by molar-refractivity contribution is 1.21. The minimum Gasteiger partial charge on any atom is -0.356 e. The number of benzene rings is 9. The SMILES string of the molecule is Cc1ccc(Nc2ccccc2)cc1.Cc1ccccc1.N#Cc1cc(C#N)c(-c2ccc(N(c3ccccc3)c3ccccc3)cc2)c(C#N)c1C1=CC=C(N(c2ccccc2)c2ccccc2)C=CC1. The number of rotatable bonds is 10. The Bertz CT molecular complexity index is 3330. The molecule has 0 radical (unpaired) electrons. The van der Waals surface area contributed by atoms with E-state index in [-0.39, 0.29) is 5.56 Å². The van der Waals surface area contributed by atoms with Crippen LogP contribution in [0.1, 0.15) is 39.8 Å². The van der Waals surface area contributed by atoms with E-state index in [1.807, 2.05) is 146 Å². The van der Waals surface area contributed by atoms with Gasteiger partial charge in [0, 0.05) is 56.6 Å². The molecule has 0 atom stereocenters. The van der Waals surface area contributed by atoms with Crippen LogP contribution in [0.2, 0.25) is 0 Å². The van der Waals surface area contributed by atoms with E-state index in [2.05, 4.69) is 156 Å². The molecule has 0 aromatic heterocycles. The Morgan fingerprint density at radius 1 is 0.403 bits per heavy atom. The molecule has 72 heavy (non-hydrogen) atoms. The van der Waals surface area contributed by atoms with E-state index in [4.69, 9.17) is 0 Å². The molecule has 0 saturated carbocycles. The van der Waals surface area contributed by atoms with Crippen LogP contribution in [0.3, 0.4) is 0 Å². The van der Waals surface area contributed by atoms with Crippen molar-refractivity contribution in [3.63, 3.8) is 0 Å². The van der Waals surface area contributed by atoms with Crippen molar-refractivity contribution in [3.05, 3.63) is 300 Å². The molecule has 346 valence electrons. The van der Waals surface area contributed by atoms with E-state index in [9.17, 15) is 15.8 Å². The van der Waals surface area contributed by atoms with E-state index in [0.717, 1.165) is 56.6 Å². The molecule has 9 aromatic carbocycles. The first-order chi connectivity index (χ1) is 35.4. The smallest absolute Gasteiger partial charge is 0.101 e. The summed E-state index contributed by atoms with van der Waals surface area (Å²) >= 11 is 0. The van der Waals surface area contributed by atoms with Crippen LogP contribution in [0.5, 0.6) is 0 Å². The third-order valence-corrected chi connectivity index (χ3v) is 11.9. The van der Waals surface area contributed by atoms with E-state index in [1.54, 1.807) is 6.07 Å². The molecule has 0 unspecified atom stereocenters. The lowest BCUT2D eigenvalue weighted by Gasteiger charge is -2.26. The van der Waals surface area contributed by atoms with Gasteiger partial charge in [-0.2, -0.15) is 15.8 Å². The van der Waals surface area contributed by atoms with Crippen LogP contribution in [-0.4, -0.2) is 0 Å². The fraction of sp³-hybridized carbons (Fsp3) is 0.0455. The molecule has 1 N–H and O–H groups in total. The van der Waals surface area contributed by atoms with Gasteiger partial charge >= 0.3 is 0 Å². The van der Waals surface area contributed by atoms with Crippen molar-refractivity contribution in [3.8, 4) is 29.3 Å². The number of aryl methyl sites for hydroxylation is 2. The minimum absolute atomic E-state index is 0.280. The highest BCUT2D eigenvalue weighted by Crippen LogP contribution is 2.40. The summed E-state index contributed by atoms with van der Waals surface area (Å²) in [5.41, 5.74) is 14.2. The lowest BCUT2D eigenvalue weighted by atomic mass is 9.84. The van der Waals surface area contributed by atoms with E-state index in [1.165, 1.54) is 11.1 Å². The molecule has 0 fully saturated rings. The van der Waals surface area contributed by atoms with E-state index >= 15 is 0 Å². The zero-order valence-electron chi connectivity index (χ0n) is 40.3. The summed E-state index contributed by atoms with van der Waals surface area (Å²) in [6.07, 6.45) is 8.63. The Morgan fingerprint density at radius 3 is 1.28 bits per heavy atom. The second kappa shape index (κ2) is 24.4. The van der Waals surface area contributed by atoms with Crippen molar-refractivity contribution in [1.82, 2.24) is 0 Å². The maximum atomic E-state index is 10.7. The molecule has 6 nitrogen and oxygen atoms in total. The predicted octanol–water partition coefficient (Wildman–Crippen LogP) is 17.2. The molecule has 6 heteroatoms. The minimum atomic E-state index is 0.280. The Hall–Kier alpha value is -9.93. The quantitative estimate of drug-likeness (QED) is 0.147. The molecular weight excluding hydrogens is 877 g/mol. The number of nitrogens with zero attached hydrogens (tertiary/aromatic N) is 5. The zero-order valence-corrected chi connectivity index (χ0v) is 40.3. The third-order valence-electron chi connectivity index (χ3n) is 11.9.